The van der Waals surface area contributed by atoms with E-state index in [1.54, 1.807) is 19.2 Å². The molecule has 1 atom stereocenters. The van der Waals surface area contributed by atoms with Crippen LogP contribution in [0.15, 0.2) is 28.5 Å². The highest BCUT2D eigenvalue weighted by Gasteiger charge is 2.32. The van der Waals surface area contributed by atoms with E-state index in [1.165, 1.54) is 0 Å². The van der Waals surface area contributed by atoms with Crippen LogP contribution in [-0.2, 0) is 16.6 Å². The molecule has 0 radical (unpaired) electrons. The van der Waals surface area contributed by atoms with Gasteiger partial charge in [0.15, 0.2) is 0 Å². The van der Waals surface area contributed by atoms with E-state index < -0.39 is 0 Å². The standard InChI is InChI=1S/C24H36ClN5O2/c1-6-16-17(22(31)28-5)9-10-19(25)20(16)24(2,11-14-26-3)12-15-30-23(32)18-8-7-13-29-21(18)27-4/h9-10,26,29H,4,6-8,11-15H2,1-3,5H3,(H,28,31)(H,30,32). The number of nitrogens with one attached hydrogen (secondary N) is 4. The van der Waals surface area contributed by atoms with Gasteiger partial charge >= 0.3 is 0 Å². The first-order valence-electron chi connectivity index (χ1n) is 11.2. The van der Waals surface area contributed by atoms with E-state index in [-0.39, 0.29) is 17.2 Å². The zero-order valence-corrected chi connectivity index (χ0v) is 20.4. The monoisotopic (exact) mass is 461 g/mol. The van der Waals surface area contributed by atoms with Crippen LogP contribution in [0.3, 0.4) is 0 Å². The second kappa shape index (κ2) is 12.0. The average molecular weight is 462 g/mol. The minimum atomic E-state index is -0.332. The number of amides is 2. The van der Waals surface area contributed by atoms with E-state index in [0.29, 0.717) is 47.8 Å². The smallest absolute Gasteiger partial charge is 0.251 e. The number of hydrogen-bond acceptors (Lipinski definition) is 5. The van der Waals surface area contributed by atoms with E-state index in [1.807, 2.05) is 14.0 Å². The largest absolute Gasteiger partial charge is 0.370 e. The van der Waals surface area contributed by atoms with Crippen molar-refractivity contribution in [2.45, 2.75) is 51.4 Å². The van der Waals surface area contributed by atoms with Crippen molar-refractivity contribution >= 4 is 30.1 Å². The summed E-state index contributed by atoms with van der Waals surface area (Å²) in [7, 11) is 3.55. The molecule has 32 heavy (non-hydrogen) atoms. The van der Waals surface area contributed by atoms with Crippen LogP contribution in [-0.4, -0.2) is 52.3 Å². The Bertz CT molecular complexity index is 883. The third-order valence-electron chi connectivity index (χ3n) is 6.19. The maximum absolute atomic E-state index is 12.8. The van der Waals surface area contributed by atoms with Crippen LogP contribution in [0.4, 0.5) is 0 Å². The molecule has 2 rings (SSSR count). The summed E-state index contributed by atoms with van der Waals surface area (Å²) >= 11 is 6.72. The summed E-state index contributed by atoms with van der Waals surface area (Å²) < 4.78 is 0. The number of nitrogens with zero attached hydrogens (tertiary/aromatic N) is 1. The molecule has 0 fully saturated rings. The van der Waals surface area contributed by atoms with Gasteiger partial charge in [0, 0.05) is 30.7 Å². The Morgan fingerprint density at radius 3 is 2.56 bits per heavy atom. The Kier molecular flexibility index (Phi) is 9.72. The molecule has 8 heteroatoms. The maximum Gasteiger partial charge on any atom is 0.251 e. The molecule has 0 aromatic heterocycles. The molecule has 7 nitrogen and oxygen atoms in total. The number of carbonyl (C=O) groups excluding carboxylic acids is 2. The topological polar surface area (TPSA) is 94.6 Å². The quantitative estimate of drug-likeness (QED) is 0.381. The first-order chi connectivity index (χ1) is 15.3. The highest BCUT2D eigenvalue weighted by Crippen LogP contribution is 2.40. The first-order valence-corrected chi connectivity index (χ1v) is 11.6. The molecule has 1 aromatic carbocycles. The van der Waals surface area contributed by atoms with Gasteiger partial charge in [-0.15, -0.1) is 0 Å². The van der Waals surface area contributed by atoms with Gasteiger partial charge in [0.2, 0.25) is 0 Å². The van der Waals surface area contributed by atoms with Gasteiger partial charge in [-0.2, -0.15) is 0 Å². The number of halogens is 1. The normalized spacial score (nSPS) is 15.5. The van der Waals surface area contributed by atoms with Crippen molar-refractivity contribution in [2.75, 3.05) is 33.7 Å². The lowest BCUT2D eigenvalue weighted by Crippen LogP contribution is -2.37. The summed E-state index contributed by atoms with van der Waals surface area (Å²) in [6, 6.07) is 3.59. The Balaban J connectivity index is 2.32. The van der Waals surface area contributed by atoms with Gasteiger partial charge in [-0.25, -0.2) is 4.99 Å². The summed E-state index contributed by atoms with van der Waals surface area (Å²) in [5.41, 5.74) is 2.91. The van der Waals surface area contributed by atoms with Crippen LogP contribution in [0.1, 0.15) is 61.0 Å². The van der Waals surface area contributed by atoms with Crippen molar-refractivity contribution in [3.05, 3.63) is 45.2 Å². The van der Waals surface area contributed by atoms with Gasteiger partial charge in [0.05, 0.1) is 5.57 Å². The molecule has 0 bridgehead atoms. The lowest BCUT2D eigenvalue weighted by molar-refractivity contribution is -0.117. The predicted molar refractivity (Wildman–Crippen MR) is 132 cm³/mol. The van der Waals surface area contributed by atoms with E-state index in [0.717, 1.165) is 37.1 Å². The molecule has 4 N–H and O–H groups in total. The van der Waals surface area contributed by atoms with Crippen LogP contribution < -0.4 is 21.3 Å². The van der Waals surface area contributed by atoms with E-state index >= 15 is 0 Å². The summed E-state index contributed by atoms with van der Waals surface area (Å²) in [6.07, 6.45) is 3.76. The molecule has 2 amide bonds. The molecule has 1 aliphatic heterocycles. The van der Waals surface area contributed by atoms with Crippen LogP contribution in [0.5, 0.6) is 0 Å². The second-order valence-corrected chi connectivity index (χ2v) is 8.72. The molecule has 176 valence electrons. The highest BCUT2D eigenvalue weighted by molar-refractivity contribution is 6.31. The van der Waals surface area contributed by atoms with Crippen molar-refractivity contribution in [1.82, 2.24) is 21.3 Å². The summed E-state index contributed by atoms with van der Waals surface area (Å²) in [5, 5.41) is 12.8. The molecular weight excluding hydrogens is 426 g/mol. The Morgan fingerprint density at radius 2 is 1.94 bits per heavy atom. The van der Waals surface area contributed by atoms with Gasteiger partial charge in [0.25, 0.3) is 11.8 Å². The fraction of sp³-hybridized carbons (Fsp3) is 0.542. The van der Waals surface area contributed by atoms with E-state index in [2.05, 4.69) is 39.9 Å². The Labute approximate surface area is 196 Å². The SMILES string of the molecule is C=NC1=C(C(=O)NCCC(C)(CCNC)c2c(Cl)ccc(C(=O)NC)c2CC)CCCN1. The number of benzene rings is 1. The molecule has 0 spiro atoms. The number of rotatable bonds is 11. The van der Waals surface area contributed by atoms with Gasteiger partial charge in [-0.1, -0.05) is 25.4 Å². The van der Waals surface area contributed by atoms with Crippen LogP contribution in [0, 0.1) is 0 Å². The lowest BCUT2D eigenvalue weighted by atomic mass is 9.73. The number of carbonyl (C=O) groups is 2. The molecule has 0 saturated heterocycles. The maximum atomic E-state index is 12.8. The van der Waals surface area contributed by atoms with Crippen LogP contribution in [0.25, 0.3) is 0 Å². The average Bonchev–Trinajstić information content (AvgIpc) is 2.81. The van der Waals surface area contributed by atoms with Gasteiger partial charge in [-0.05, 0) is 81.1 Å². The van der Waals surface area contributed by atoms with Crippen molar-refractivity contribution in [3.63, 3.8) is 0 Å². The van der Waals surface area contributed by atoms with Gasteiger partial charge < -0.3 is 21.3 Å². The predicted octanol–water partition coefficient (Wildman–Crippen LogP) is 2.93. The number of aliphatic imine (C=N–C) groups is 1. The van der Waals surface area contributed by atoms with Gasteiger partial charge in [0.1, 0.15) is 5.82 Å². The zero-order chi connectivity index (χ0) is 23.7. The van der Waals surface area contributed by atoms with Crippen LogP contribution in [0.2, 0.25) is 5.02 Å². The van der Waals surface area contributed by atoms with Gasteiger partial charge in [-0.3, -0.25) is 9.59 Å². The zero-order valence-electron chi connectivity index (χ0n) is 19.7. The summed E-state index contributed by atoms with van der Waals surface area (Å²) in [4.78, 5) is 29.2. The second-order valence-electron chi connectivity index (χ2n) is 8.32. The molecule has 1 aliphatic rings. The molecule has 0 aliphatic carbocycles. The minimum Gasteiger partial charge on any atom is -0.370 e. The Morgan fingerprint density at radius 1 is 1.22 bits per heavy atom. The summed E-state index contributed by atoms with van der Waals surface area (Å²) in [5.74, 6) is 0.336. The van der Waals surface area contributed by atoms with Crippen LogP contribution >= 0.6 is 11.6 Å². The highest BCUT2D eigenvalue weighted by atomic mass is 35.5. The third-order valence-corrected chi connectivity index (χ3v) is 6.51. The first kappa shape index (κ1) is 25.9. The fourth-order valence-electron chi connectivity index (χ4n) is 4.39. The molecule has 0 saturated carbocycles. The minimum absolute atomic E-state index is 0.114. The van der Waals surface area contributed by atoms with Crippen molar-refractivity contribution in [3.8, 4) is 0 Å². The molecular formula is C24H36ClN5O2. The van der Waals surface area contributed by atoms with E-state index in [4.69, 9.17) is 11.6 Å². The molecule has 1 unspecified atom stereocenters. The summed E-state index contributed by atoms with van der Waals surface area (Å²) in [6.45, 7) is 9.82. The molecule has 1 heterocycles. The molecule has 1 aromatic rings. The fourth-order valence-corrected chi connectivity index (χ4v) is 4.80. The lowest BCUT2D eigenvalue weighted by Gasteiger charge is -2.34. The number of hydrogen-bond donors (Lipinski definition) is 4. The van der Waals surface area contributed by atoms with Crippen molar-refractivity contribution < 1.29 is 9.59 Å². The van der Waals surface area contributed by atoms with Crippen molar-refractivity contribution in [2.24, 2.45) is 4.99 Å². The van der Waals surface area contributed by atoms with Crippen molar-refractivity contribution in [1.29, 1.82) is 0 Å². The van der Waals surface area contributed by atoms with E-state index in [9.17, 15) is 9.59 Å². The Hall–Kier alpha value is -2.38. The third kappa shape index (κ3) is 5.90.